The minimum absolute atomic E-state index is 0.0407. The summed E-state index contributed by atoms with van der Waals surface area (Å²) in [5.74, 6) is -0.103. The molecule has 35 heavy (non-hydrogen) atoms. The Morgan fingerprint density at radius 2 is 1.86 bits per heavy atom. The molecule has 1 heterocycles. The number of nitrogens with one attached hydrogen (secondary N) is 2. The lowest BCUT2D eigenvalue weighted by molar-refractivity contribution is -0.135. The van der Waals surface area contributed by atoms with Crippen LogP contribution in [0, 0.1) is 0 Å². The van der Waals surface area contributed by atoms with E-state index in [4.69, 9.17) is 4.74 Å². The van der Waals surface area contributed by atoms with Crippen molar-refractivity contribution < 1.29 is 14.3 Å². The van der Waals surface area contributed by atoms with E-state index >= 15 is 0 Å². The summed E-state index contributed by atoms with van der Waals surface area (Å²) in [5.41, 5.74) is 3.72. The zero-order chi connectivity index (χ0) is 25.4. The highest BCUT2D eigenvalue weighted by atomic mass is 16.5. The molecule has 0 aliphatic carbocycles. The number of carbonyl (C=O) groups is 2. The second kappa shape index (κ2) is 12.6. The number of rotatable bonds is 10. The van der Waals surface area contributed by atoms with E-state index in [1.165, 1.54) is 0 Å². The number of benzene rings is 2. The summed E-state index contributed by atoms with van der Waals surface area (Å²) in [6, 6.07) is 15.6. The molecule has 7 heteroatoms. The summed E-state index contributed by atoms with van der Waals surface area (Å²) in [4.78, 5) is 30.2. The molecule has 3 amide bonds. The maximum atomic E-state index is 13.9. The van der Waals surface area contributed by atoms with Crippen molar-refractivity contribution in [2.24, 2.45) is 0 Å². The van der Waals surface area contributed by atoms with Crippen LogP contribution in [0.2, 0.25) is 0 Å². The molecule has 0 radical (unpaired) electrons. The van der Waals surface area contributed by atoms with Crippen LogP contribution in [0.3, 0.4) is 0 Å². The van der Waals surface area contributed by atoms with Crippen molar-refractivity contribution in [1.29, 1.82) is 0 Å². The molecular formula is C28H40N4O3. The first kappa shape index (κ1) is 26.5. The highest BCUT2D eigenvalue weighted by Gasteiger charge is 2.29. The van der Waals surface area contributed by atoms with Crippen LogP contribution in [0.15, 0.2) is 48.5 Å². The van der Waals surface area contributed by atoms with Gasteiger partial charge in [-0.2, -0.15) is 0 Å². The Morgan fingerprint density at radius 1 is 1.11 bits per heavy atom. The highest BCUT2D eigenvalue weighted by Crippen LogP contribution is 2.29. The van der Waals surface area contributed by atoms with Crippen LogP contribution in [-0.4, -0.2) is 56.2 Å². The van der Waals surface area contributed by atoms with Crippen LogP contribution in [0.25, 0.3) is 0 Å². The molecule has 0 spiro atoms. The van der Waals surface area contributed by atoms with Gasteiger partial charge in [0.25, 0.3) is 0 Å². The van der Waals surface area contributed by atoms with Crippen molar-refractivity contribution in [3.05, 3.63) is 59.7 Å². The number of anilines is 2. The van der Waals surface area contributed by atoms with Gasteiger partial charge in [-0.1, -0.05) is 37.3 Å². The third kappa shape index (κ3) is 7.46. The fourth-order valence-electron chi connectivity index (χ4n) is 4.59. The molecule has 1 saturated heterocycles. The van der Waals surface area contributed by atoms with Crippen LogP contribution < -0.4 is 15.5 Å². The van der Waals surface area contributed by atoms with E-state index in [1.807, 2.05) is 86.3 Å². The van der Waals surface area contributed by atoms with E-state index in [-0.39, 0.29) is 30.0 Å². The van der Waals surface area contributed by atoms with E-state index in [0.29, 0.717) is 18.8 Å². The first-order valence-corrected chi connectivity index (χ1v) is 12.6. The topological polar surface area (TPSA) is 73.9 Å². The molecule has 0 unspecified atom stereocenters. The molecule has 1 fully saturated rings. The molecule has 2 aromatic rings. The predicted molar refractivity (Wildman–Crippen MR) is 142 cm³/mol. The molecule has 0 bridgehead atoms. The second-order valence-electron chi connectivity index (χ2n) is 9.72. The van der Waals surface area contributed by atoms with Gasteiger partial charge in [0.2, 0.25) is 5.91 Å². The fraction of sp³-hybridized carbons (Fsp3) is 0.500. The van der Waals surface area contributed by atoms with Gasteiger partial charge in [-0.25, -0.2) is 4.79 Å². The molecule has 2 aromatic carbocycles. The zero-order valence-electron chi connectivity index (χ0n) is 21.7. The molecule has 0 aromatic heterocycles. The standard InChI is InChI=1S/C28H40N4O3/c1-6-25(21-11-8-7-9-12-21)27(33)32(19-24-13-10-16-35-24)18-22-17-23(14-15-26(22)31(4)5)30-28(34)29-20(2)3/h7-9,11-12,14-15,17,20,24-25H,6,10,13,16,18-19H2,1-5H3,(H2,29,30,34)/t24-,25+/m1/s1. The number of amides is 3. The maximum Gasteiger partial charge on any atom is 0.319 e. The van der Waals surface area contributed by atoms with E-state index in [9.17, 15) is 9.59 Å². The lowest BCUT2D eigenvalue weighted by atomic mass is 9.94. The smallest absolute Gasteiger partial charge is 0.319 e. The summed E-state index contributed by atoms with van der Waals surface area (Å²) in [5, 5.41) is 5.77. The molecule has 2 N–H and O–H groups in total. The highest BCUT2D eigenvalue weighted by molar-refractivity contribution is 5.90. The SMILES string of the molecule is CC[C@H](C(=O)N(Cc1cc(NC(=O)NC(C)C)ccc1N(C)C)C[C@H]1CCCO1)c1ccccc1. The monoisotopic (exact) mass is 480 g/mol. The summed E-state index contributed by atoms with van der Waals surface area (Å²) in [6.07, 6.45) is 2.76. The van der Waals surface area contributed by atoms with Crippen LogP contribution in [0.4, 0.5) is 16.2 Å². The van der Waals surface area contributed by atoms with Crippen LogP contribution in [-0.2, 0) is 16.1 Å². The normalized spacial score (nSPS) is 16.1. The van der Waals surface area contributed by atoms with Gasteiger partial charge >= 0.3 is 6.03 Å². The lowest BCUT2D eigenvalue weighted by Gasteiger charge is -2.31. The van der Waals surface area contributed by atoms with Gasteiger partial charge in [0.05, 0.1) is 12.0 Å². The van der Waals surface area contributed by atoms with E-state index in [2.05, 4.69) is 17.6 Å². The Bertz CT molecular complexity index is 971. The Morgan fingerprint density at radius 3 is 2.46 bits per heavy atom. The number of hydrogen-bond donors (Lipinski definition) is 2. The van der Waals surface area contributed by atoms with Gasteiger partial charge in [-0.15, -0.1) is 0 Å². The Balaban J connectivity index is 1.90. The molecule has 1 aliphatic heterocycles. The van der Waals surface area contributed by atoms with E-state index < -0.39 is 0 Å². The van der Waals surface area contributed by atoms with Crippen molar-refractivity contribution in [2.75, 3.05) is 37.5 Å². The summed E-state index contributed by atoms with van der Waals surface area (Å²) in [7, 11) is 3.98. The number of urea groups is 1. The van der Waals surface area contributed by atoms with Crippen molar-refractivity contribution in [3.63, 3.8) is 0 Å². The molecular weight excluding hydrogens is 440 g/mol. The zero-order valence-corrected chi connectivity index (χ0v) is 21.7. The van der Waals surface area contributed by atoms with Gasteiger partial charge < -0.3 is 25.2 Å². The quantitative estimate of drug-likeness (QED) is 0.503. The molecule has 0 saturated carbocycles. The second-order valence-corrected chi connectivity index (χ2v) is 9.72. The van der Waals surface area contributed by atoms with Gasteiger partial charge in [0.1, 0.15) is 0 Å². The van der Waals surface area contributed by atoms with Crippen molar-refractivity contribution in [2.45, 2.75) is 64.6 Å². The van der Waals surface area contributed by atoms with Gasteiger partial charge in [-0.3, -0.25) is 4.79 Å². The third-order valence-electron chi connectivity index (χ3n) is 6.27. The van der Waals surface area contributed by atoms with Gasteiger partial charge in [0, 0.05) is 51.2 Å². The van der Waals surface area contributed by atoms with Crippen molar-refractivity contribution >= 4 is 23.3 Å². The number of ether oxygens (including phenoxy) is 1. The van der Waals surface area contributed by atoms with Crippen LogP contribution in [0.1, 0.15) is 57.1 Å². The fourth-order valence-corrected chi connectivity index (χ4v) is 4.59. The van der Waals surface area contributed by atoms with Crippen molar-refractivity contribution in [3.8, 4) is 0 Å². The van der Waals surface area contributed by atoms with Gasteiger partial charge in [-0.05, 0) is 62.4 Å². The average molecular weight is 481 g/mol. The molecule has 1 aliphatic rings. The third-order valence-corrected chi connectivity index (χ3v) is 6.27. The first-order chi connectivity index (χ1) is 16.8. The Hall–Kier alpha value is -3.06. The van der Waals surface area contributed by atoms with E-state index in [1.54, 1.807) is 0 Å². The first-order valence-electron chi connectivity index (χ1n) is 12.6. The number of carbonyl (C=O) groups excluding carboxylic acids is 2. The number of hydrogen-bond acceptors (Lipinski definition) is 4. The summed E-state index contributed by atoms with van der Waals surface area (Å²) < 4.78 is 5.91. The molecule has 190 valence electrons. The minimum Gasteiger partial charge on any atom is -0.377 e. The molecule has 3 rings (SSSR count). The van der Waals surface area contributed by atoms with E-state index in [0.717, 1.165) is 42.7 Å². The Kier molecular flexibility index (Phi) is 9.55. The van der Waals surface area contributed by atoms with Gasteiger partial charge in [0.15, 0.2) is 0 Å². The van der Waals surface area contributed by atoms with Crippen LogP contribution >= 0.6 is 0 Å². The molecule has 2 atom stereocenters. The average Bonchev–Trinajstić information content (AvgIpc) is 3.32. The maximum absolute atomic E-state index is 13.9. The summed E-state index contributed by atoms with van der Waals surface area (Å²) >= 11 is 0. The summed E-state index contributed by atoms with van der Waals surface area (Å²) in [6.45, 7) is 7.65. The largest absolute Gasteiger partial charge is 0.377 e. The lowest BCUT2D eigenvalue weighted by Crippen LogP contribution is -2.40. The van der Waals surface area contributed by atoms with Crippen LogP contribution in [0.5, 0.6) is 0 Å². The van der Waals surface area contributed by atoms with Crippen molar-refractivity contribution in [1.82, 2.24) is 10.2 Å². The minimum atomic E-state index is -0.244. The molecule has 7 nitrogen and oxygen atoms in total. The predicted octanol–water partition coefficient (Wildman–Crippen LogP) is 4.98. The number of nitrogens with zero attached hydrogens (tertiary/aromatic N) is 2. The Labute approximate surface area is 209 Å².